The molecule has 0 saturated carbocycles. The number of rotatable bonds is 6. The number of carbonyl (C=O) groups excluding carboxylic acids is 1. The zero-order valence-corrected chi connectivity index (χ0v) is 14.8. The summed E-state index contributed by atoms with van der Waals surface area (Å²) < 4.78 is 2.11. The molecule has 1 aliphatic heterocycles. The average molecular weight is 341 g/mol. The van der Waals surface area contributed by atoms with Crippen LogP contribution in [0, 0.1) is 12.8 Å². The van der Waals surface area contributed by atoms with Gasteiger partial charge in [0.25, 0.3) is 0 Å². The topological polar surface area (TPSA) is 62.2 Å². The number of imidazole rings is 1. The number of nitrogens with one attached hydrogen (secondary N) is 2. The van der Waals surface area contributed by atoms with Crippen molar-refractivity contribution in [3.8, 4) is 0 Å². The van der Waals surface area contributed by atoms with Gasteiger partial charge in [0.1, 0.15) is 0 Å². The zero-order valence-electron chi connectivity index (χ0n) is 14.8. The Balaban J connectivity index is 1.38. The zero-order chi connectivity index (χ0) is 17.5. The lowest BCUT2D eigenvalue weighted by Gasteiger charge is -2.32. The fraction of sp³-hybridized carbons (Fsp3) is 0.474. The number of aryl methyl sites for hydroxylation is 1. The van der Waals surface area contributed by atoms with Crippen molar-refractivity contribution in [2.24, 2.45) is 5.92 Å². The summed E-state index contributed by atoms with van der Waals surface area (Å²) in [6, 6.07) is 7.71. The maximum Gasteiger partial charge on any atom is 0.319 e. The number of piperidine rings is 1. The van der Waals surface area contributed by atoms with Gasteiger partial charge in [0, 0.05) is 44.3 Å². The van der Waals surface area contributed by atoms with E-state index < -0.39 is 0 Å². The van der Waals surface area contributed by atoms with Crippen LogP contribution in [0.3, 0.4) is 0 Å². The van der Waals surface area contributed by atoms with Crippen molar-refractivity contribution in [1.82, 2.24) is 19.8 Å². The van der Waals surface area contributed by atoms with Gasteiger partial charge in [0.05, 0.1) is 6.33 Å². The lowest BCUT2D eigenvalue weighted by atomic mass is 9.98. The highest BCUT2D eigenvalue weighted by Gasteiger charge is 2.20. The van der Waals surface area contributed by atoms with Crippen molar-refractivity contribution < 1.29 is 4.79 Å². The fourth-order valence-corrected chi connectivity index (χ4v) is 3.25. The third-order valence-corrected chi connectivity index (χ3v) is 4.70. The smallest absolute Gasteiger partial charge is 0.319 e. The second-order valence-electron chi connectivity index (χ2n) is 6.81. The molecule has 2 N–H and O–H groups in total. The maximum absolute atomic E-state index is 12.1. The van der Waals surface area contributed by atoms with E-state index in [0.29, 0.717) is 5.92 Å². The number of urea groups is 1. The van der Waals surface area contributed by atoms with Gasteiger partial charge in [-0.15, -0.1) is 0 Å². The molecule has 3 rings (SSSR count). The Bertz CT molecular complexity index is 653. The van der Waals surface area contributed by atoms with E-state index in [2.05, 4.69) is 25.1 Å². The van der Waals surface area contributed by atoms with Crippen molar-refractivity contribution in [2.75, 3.05) is 31.5 Å². The quantitative estimate of drug-likeness (QED) is 0.849. The molecule has 1 aliphatic rings. The Kier molecular flexibility index (Phi) is 6.06. The summed E-state index contributed by atoms with van der Waals surface area (Å²) in [5.74, 6) is 0.514. The summed E-state index contributed by atoms with van der Waals surface area (Å²) in [5, 5.41) is 5.90. The molecule has 2 amide bonds. The monoisotopic (exact) mass is 341 g/mol. The molecule has 6 heteroatoms. The predicted octanol–water partition coefficient (Wildman–Crippen LogP) is 2.73. The summed E-state index contributed by atoms with van der Waals surface area (Å²) in [7, 11) is 0. The van der Waals surface area contributed by atoms with Crippen LogP contribution in [0.4, 0.5) is 10.5 Å². The number of benzene rings is 1. The minimum Gasteiger partial charge on any atom is -0.338 e. The summed E-state index contributed by atoms with van der Waals surface area (Å²) in [5.41, 5.74) is 2.01. The van der Waals surface area contributed by atoms with E-state index in [-0.39, 0.29) is 6.03 Å². The van der Waals surface area contributed by atoms with Crippen LogP contribution in [0.1, 0.15) is 18.4 Å². The number of hydrogen-bond acceptors (Lipinski definition) is 3. The second kappa shape index (κ2) is 8.67. The van der Waals surface area contributed by atoms with Crippen LogP contribution in [-0.4, -0.2) is 46.7 Å². The van der Waals surface area contributed by atoms with Crippen molar-refractivity contribution in [2.45, 2.75) is 26.3 Å². The lowest BCUT2D eigenvalue weighted by Crippen LogP contribution is -2.42. The number of aromatic nitrogens is 2. The van der Waals surface area contributed by atoms with Gasteiger partial charge in [-0.2, -0.15) is 0 Å². The van der Waals surface area contributed by atoms with Crippen molar-refractivity contribution in [3.05, 3.63) is 48.5 Å². The summed E-state index contributed by atoms with van der Waals surface area (Å²) in [4.78, 5) is 18.6. The Morgan fingerprint density at radius 2 is 2.12 bits per heavy atom. The first-order valence-corrected chi connectivity index (χ1v) is 8.98. The molecule has 0 radical (unpaired) electrons. The Hall–Kier alpha value is -2.34. The molecular formula is C19H27N5O. The standard InChI is InChI=1S/C19H27N5O/c1-16-4-6-18(7-5-16)22-19(25)21-13-17-3-2-9-23(14-17)11-12-24-10-8-20-15-24/h4-8,10,15,17H,2-3,9,11-14H2,1H3,(H2,21,22,25). The van der Waals surface area contributed by atoms with Gasteiger partial charge in [-0.05, 0) is 44.4 Å². The first-order chi connectivity index (χ1) is 12.2. The van der Waals surface area contributed by atoms with Gasteiger partial charge in [-0.1, -0.05) is 17.7 Å². The summed E-state index contributed by atoms with van der Waals surface area (Å²) in [6.45, 7) is 6.93. The van der Waals surface area contributed by atoms with Crippen LogP contribution in [0.2, 0.25) is 0 Å². The van der Waals surface area contributed by atoms with Gasteiger partial charge in [0.15, 0.2) is 0 Å². The van der Waals surface area contributed by atoms with Crippen LogP contribution < -0.4 is 10.6 Å². The first kappa shape index (κ1) is 17.5. The second-order valence-corrected chi connectivity index (χ2v) is 6.81. The van der Waals surface area contributed by atoms with E-state index in [4.69, 9.17) is 0 Å². The molecule has 1 unspecified atom stereocenters. The Morgan fingerprint density at radius 3 is 2.88 bits per heavy atom. The molecule has 6 nitrogen and oxygen atoms in total. The van der Waals surface area contributed by atoms with Crippen molar-refractivity contribution >= 4 is 11.7 Å². The normalized spacial score (nSPS) is 18.0. The van der Waals surface area contributed by atoms with Crippen LogP contribution in [0.5, 0.6) is 0 Å². The van der Waals surface area contributed by atoms with Gasteiger partial charge in [-0.3, -0.25) is 0 Å². The number of nitrogens with zero attached hydrogens (tertiary/aromatic N) is 3. The van der Waals surface area contributed by atoms with E-state index in [1.165, 1.54) is 18.4 Å². The Labute approximate surface area is 149 Å². The highest BCUT2D eigenvalue weighted by molar-refractivity contribution is 5.89. The molecule has 0 aliphatic carbocycles. The molecule has 134 valence electrons. The molecule has 0 spiro atoms. The third-order valence-electron chi connectivity index (χ3n) is 4.70. The van der Waals surface area contributed by atoms with Gasteiger partial charge in [0.2, 0.25) is 0 Å². The largest absolute Gasteiger partial charge is 0.338 e. The number of likely N-dealkylation sites (tertiary alicyclic amines) is 1. The molecule has 2 aromatic rings. The summed E-state index contributed by atoms with van der Waals surface area (Å²) in [6.07, 6.45) is 8.04. The SMILES string of the molecule is Cc1ccc(NC(=O)NCC2CCCN(CCn3ccnc3)C2)cc1. The molecule has 25 heavy (non-hydrogen) atoms. The fourth-order valence-electron chi connectivity index (χ4n) is 3.25. The third kappa shape index (κ3) is 5.60. The van der Waals surface area contributed by atoms with Crippen molar-refractivity contribution in [3.63, 3.8) is 0 Å². The van der Waals surface area contributed by atoms with E-state index in [0.717, 1.165) is 38.4 Å². The molecule has 2 heterocycles. The number of amides is 2. The van der Waals surface area contributed by atoms with Crippen molar-refractivity contribution in [1.29, 1.82) is 0 Å². The molecule has 1 fully saturated rings. The minimum atomic E-state index is -0.126. The number of hydrogen-bond donors (Lipinski definition) is 2. The lowest BCUT2D eigenvalue weighted by molar-refractivity contribution is 0.167. The highest BCUT2D eigenvalue weighted by atomic mass is 16.2. The molecule has 0 bridgehead atoms. The predicted molar refractivity (Wildman–Crippen MR) is 99.6 cm³/mol. The van der Waals surface area contributed by atoms with E-state index in [9.17, 15) is 4.79 Å². The number of anilines is 1. The Morgan fingerprint density at radius 1 is 1.28 bits per heavy atom. The van der Waals surface area contributed by atoms with E-state index in [1.54, 1.807) is 0 Å². The van der Waals surface area contributed by atoms with Crippen LogP contribution in [0.15, 0.2) is 43.0 Å². The molecule has 1 aromatic heterocycles. The van der Waals surface area contributed by atoms with Gasteiger partial charge >= 0.3 is 6.03 Å². The minimum absolute atomic E-state index is 0.126. The van der Waals surface area contributed by atoms with E-state index >= 15 is 0 Å². The highest BCUT2D eigenvalue weighted by Crippen LogP contribution is 2.16. The van der Waals surface area contributed by atoms with Crippen LogP contribution in [-0.2, 0) is 6.54 Å². The average Bonchev–Trinajstić information content (AvgIpc) is 3.14. The van der Waals surface area contributed by atoms with E-state index in [1.807, 2.05) is 49.9 Å². The molecule has 1 saturated heterocycles. The van der Waals surface area contributed by atoms with Gasteiger partial charge < -0.3 is 20.1 Å². The molecular weight excluding hydrogens is 314 g/mol. The summed E-state index contributed by atoms with van der Waals surface area (Å²) >= 11 is 0. The van der Waals surface area contributed by atoms with Crippen LogP contribution >= 0.6 is 0 Å². The number of carbonyl (C=O) groups is 1. The van der Waals surface area contributed by atoms with Crippen LogP contribution in [0.25, 0.3) is 0 Å². The molecule has 1 atom stereocenters. The first-order valence-electron chi connectivity index (χ1n) is 8.98. The maximum atomic E-state index is 12.1. The van der Waals surface area contributed by atoms with Gasteiger partial charge in [-0.25, -0.2) is 9.78 Å². The molecule has 1 aromatic carbocycles.